The smallest absolute Gasteiger partial charge is 0.131 e. The quantitative estimate of drug-likeness (QED) is 0.871. The van der Waals surface area contributed by atoms with Gasteiger partial charge in [0.2, 0.25) is 0 Å². The predicted octanol–water partition coefficient (Wildman–Crippen LogP) is 2.13. The van der Waals surface area contributed by atoms with Crippen molar-refractivity contribution in [1.29, 1.82) is 0 Å². The van der Waals surface area contributed by atoms with E-state index in [0.717, 1.165) is 43.0 Å². The highest BCUT2D eigenvalue weighted by molar-refractivity contribution is 5.85. The van der Waals surface area contributed by atoms with E-state index in [2.05, 4.69) is 5.32 Å². The molecule has 0 radical (unpaired) electrons. The van der Waals surface area contributed by atoms with Crippen LogP contribution in [0.15, 0.2) is 12.1 Å². The molecule has 0 spiro atoms. The molecule has 1 heterocycles. The first kappa shape index (κ1) is 17.9. The minimum absolute atomic E-state index is 0. The molecule has 120 valence electrons. The zero-order valence-electron chi connectivity index (χ0n) is 12.8. The monoisotopic (exact) mass is 316 g/mol. The van der Waals surface area contributed by atoms with E-state index in [0.29, 0.717) is 11.7 Å². The van der Waals surface area contributed by atoms with Crippen LogP contribution in [0.4, 0.5) is 0 Å². The number of rotatable bonds is 5. The molecule has 1 fully saturated rings. The zero-order valence-corrected chi connectivity index (χ0v) is 13.7. The summed E-state index contributed by atoms with van der Waals surface area (Å²) in [6.07, 6.45) is 2.14. The van der Waals surface area contributed by atoms with Crippen molar-refractivity contribution >= 4 is 12.4 Å². The van der Waals surface area contributed by atoms with Crippen LogP contribution in [0.3, 0.4) is 0 Å². The van der Waals surface area contributed by atoms with E-state index >= 15 is 0 Å². The molecule has 1 aromatic rings. The van der Waals surface area contributed by atoms with Crippen molar-refractivity contribution in [3.63, 3.8) is 0 Å². The molecule has 0 aromatic heterocycles. The van der Waals surface area contributed by atoms with Crippen molar-refractivity contribution < 1.29 is 14.2 Å². The van der Waals surface area contributed by atoms with Crippen molar-refractivity contribution in [2.45, 2.75) is 18.9 Å². The number of hydrogen-bond acceptors (Lipinski definition) is 5. The van der Waals surface area contributed by atoms with Crippen LogP contribution in [-0.2, 0) is 0 Å². The number of piperidine rings is 1. The van der Waals surface area contributed by atoms with Gasteiger partial charge in [-0.15, -0.1) is 12.4 Å². The summed E-state index contributed by atoms with van der Waals surface area (Å²) in [6, 6.07) is 3.63. The fourth-order valence-electron chi connectivity index (χ4n) is 2.80. The number of methoxy groups -OCH3 is 3. The Morgan fingerprint density at radius 1 is 1.05 bits per heavy atom. The van der Waals surface area contributed by atoms with Crippen LogP contribution < -0.4 is 25.3 Å². The summed E-state index contributed by atoms with van der Waals surface area (Å²) in [4.78, 5) is 0. The molecule has 0 bridgehead atoms. The molecule has 6 heteroatoms. The number of halogens is 1. The maximum atomic E-state index is 6.49. The number of hydrogen-bond donors (Lipinski definition) is 2. The topological polar surface area (TPSA) is 65.7 Å². The molecule has 0 aliphatic carbocycles. The highest BCUT2D eigenvalue weighted by atomic mass is 35.5. The van der Waals surface area contributed by atoms with E-state index < -0.39 is 0 Å². The average Bonchev–Trinajstić information content (AvgIpc) is 2.53. The van der Waals surface area contributed by atoms with Crippen molar-refractivity contribution in [3.8, 4) is 17.2 Å². The lowest BCUT2D eigenvalue weighted by Crippen LogP contribution is -2.34. The molecule has 1 aromatic carbocycles. The second-order valence-corrected chi connectivity index (χ2v) is 5.06. The van der Waals surface area contributed by atoms with Gasteiger partial charge in [0, 0.05) is 18.2 Å². The highest BCUT2D eigenvalue weighted by Crippen LogP contribution is 2.41. The molecule has 5 nitrogen and oxygen atoms in total. The molecule has 0 unspecified atom stereocenters. The molecular weight excluding hydrogens is 292 g/mol. The van der Waals surface area contributed by atoms with Crippen LogP contribution in [0, 0.1) is 5.92 Å². The largest absolute Gasteiger partial charge is 0.496 e. The molecule has 0 amide bonds. The van der Waals surface area contributed by atoms with Crippen LogP contribution in [-0.4, -0.2) is 34.4 Å². The number of nitrogens with one attached hydrogen (secondary N) is 1. The van der Waals surface area contributed by atoms with E-state index in [-0.39, 0.29) is 18.4 Å². The third kappa shape index (κ3) is 3.93. The summed E-state index contributed by atoms with van der Waals surface area (Å²) in [5.74, 6) is 2.60. The minimum atomic E-state index is -0.0899. The lowest BCUT2D eigenvalue weighted by atomic mass is 9.85. The Labute approximate surface area is 132 Å². The molecular formula is C15H25ClN2O3. The lowest BCUT2D eigenvalue weighted by molar-refractivity contribution is 0.301. The second-order valence-electron chi connectivity index (χ2n) is 5.06. The SMILES string of the molecule is COc1cc(OC)c([C@H](N)C2CCNCC2)c(OC)c1.Cl. The summed E-state index contributed by atoms with van der Waals surface area (Å²) >= 11 is 0. The third-order valence-electron chi connectivity index (χ3n) is 3.98. The standard InChI is InChI=1S/C15H24N2O3.ClH/c1-18-11-8-12(19-2)14(13(9-11)20-3)15(16)10-4-6-17-7-5-10;/h8-10,15,17H,4-7,16H2,1-3H3;1H/t15-;/m1./s1. The molecule has 0 saturated carbocycles. The van der Waals surface area contributed by atoms with E-state index in [1.807, 2.05) is 12.1 Å². The molecule has 1 aliphatic heterocycles. The molecule has 1 aliphatic rings. The van der Waals surface area contributed by atoms with Crippen molar-refractivity contribution in [2.75, 3.05) is 34.4 Å². The Morgan fingerprint density at radius 3 is 2.00 bits per heavy atom. The van der Waals surface area contributed by atoms with Gasteiger partial charge in [0.15, 0.2) is 0 Å². The summed E-state index contributed by atoms with van der Waals surface area (Å²) < 4.78 is 16.2. The first-order chi connectivity index (χ1) is 9.71. The molecule has 3 N–H and O–H groups in total. The first-order valence-corrected chi connectivity index (χ1v) is 6.97. The zero-order chi connectivity index (χ0) is 14.5. The maximum absolute atomic E-state index is 6.49. The number of ether oxygens (including phenoxy) is 3. The van der Waals surface area contributed by atoms with Gasteiger partial charge in [-0.2, -0.15) is 0 Å². The van der Waals surface area contributed by atoms with Gasteiger partial charge < -0.3 is 25.3 Å². The first-order valence-electron chi connectivity index (χ1n) is 6.97. The number of benzene rings is 1. The van der Waals surface area contributed by atoms with E-state index in [9.17, 15) is 0 Å². The van der Waals surface area contributed by atoms with Gasteiger partial charge in [-0.3, -0.25) is 0 Å². The molecule has 21 heavy (non-hydrogen) atoms. The fraction of sp³-hybridized carbons (Fsp3) is 0.600. The van der Waals surface area contributed by atoms with Gasteiger partial charge in [0.25, 0.3) is 0 Å². The van der Waals surface area contributed by atoms with E-state index in [1.165, 1.54) is 0 Å². The summed E-state index contributed by atoms with van der Waals surface area (Å²) in [7, 11) is 4.92. The number of nitrogens with two attached hydrogens (primary N) is 1. The van der Waals surface area contributed by atoms with E-state index in [1.54, 1.807) is 21.3 Å². The highest BCUT2D eigenvalue weighted by Gasteiger charge is 2.27. The average molecular weight is 317 g/mol. The summed E-state index contributed by atoms with van der Waals surface area (Å²) in [5, 5.41) is 3.36. The van der Waals surface area contributed by atoms with E-state index in [4.69, 9.17) is 19.9 Å². The Kier molecular flexibility index (Phi) is 7.08. The van der Waals surface area contributed by atoms with Gasteiger partial charge in [0.1, 0.15) is 17.2 Å². The van der Waals surface area contributed by atoms with Crippen LogP contribution in [0.5, 0.6) is 17.2 Å². The van der Waals surface area contributed by atoms with Crippen LogP contribution in [0.25, 0.3) is 0 Å². The third-order valence-corrected chi connectivity index (χ3v) is 3.98. The van der Waals surface area contributed by atoms with Gasteiger partial charge in [0.05, 0.1) is 26.9 Å². The van der Waals surface area contributed by atoms with Crippen molar-refractivity contribution in [2.24, 2.45) is 11.7 Å². The lowest BCUT2D eigenvalue weighted by Gasteiger charge is -2.30. The molecule has 2 rings (SSSR count). The Balaban J connectivity index is 0.00000220. The second kappa shape index (κ2) is 8.32. The summed E-state index contributed by atoms with van der Waals surface area (Å²) in [6.45, 7) is 2.03. The van der Waals surface area contributed by atoms with Crippen LogP contribution in [0.1, 0.15) is 24.4 Å². The fourth-order valence-corrected chi connectivity index (χ4v) is 2.80. The minimum Gasteiger partial charge on any atom is -0.496 e. The Morgan fingerprint density at radius 2 is 1.57 bits per heavy atom. The van der Waals surface area contributed by atoms with Crippen molar-refractivity contribution in [3.05, 3.63) is 17.7 Å². The van der Waals surface area contributed by atoms with Crippen LogP contribution in [0.2, 0.25) is 0 Å². The Bertz CT molecular complexity index is 426. The Hall–Kier alpha value is -1.17. The molecule has 1 saturated heterocycles. The normalized spacial score (nSPS) is 16.8. The van der Waals surface area contributed by atoms with Gasteiger partial charge in [-0.1, -0.05) is 0 Å². The summed E-state index contributed by atoms with van der Waals surface area (Å²) in [5.41, 5.74) is 7.42. The van der Waals surface area contributed by atoms with Gasteiger partial charge in [-0.05, 0) is 31.8 Å². The molecule has 1 atom stereocenters. The predicted molar refractivity (Wildman–Crippen MR) is 85.9 cm³/mol. The van der Waals surface area contributed by atoms with Gasteiger partial charge >= 0.3 is 0 Å². The van der Waals surface area contributed by atoms with Crippen molar-refractivity contribution in [1.82, 2.24) is 5.32 Å². The van der Waals surface area contributed by atoms with Crippen LogP contribution >= 0.6 is 12.4 Å². The maximum Gasteiger partial charge on any atom is 0.131 e. The van der Waals surface area contributed by atoms with Gasteiger partial charge in [-0.25, -0.2) is 0 Å².